The van der Waals surface area contributed by atoms with Gasteiger partial charge in [0, 0.05) is 24.5 Å². The maximum Gasteiger partial charge on any atom is 0.290 e. The van der Waals surface area contributed by atoms with Crippen molar-refractivity contribution in [2.75, 3.05) is 32.8 Å². The Labute approximate surface area is 173 Å². The highest BCUT2D eigenvalue weighted by Gasteiger charge is 2.42. The van der Waals surface area contributed by atoms with Crippen molar-refractivity contribution in [3.05, 3.63) is 45.5 Å². The number of ether oxygens (including phenoxy) is 1. The van der Waals surface area contributed by atoms with Crippen molar-refractivity contribution in [2.45, 2.75) is 31.4 Å². The molecule has 9 heteroatoms. The van der Waals surface area contributed by atoms with Gasteiger partial charge in [0.2, 0.25) is 0 Å². The Bertz CT molecular complexity index is 796. The zero-order valence-electron chi connectivity index (χ0n) is 16.1. The number of likely N-dealkylation sites (tertiary alicyclic amines) is 1. The second-order valence-corrected chi connectivity index (χ2v) is 8.05. The number of fused-ring (bicyclic) bond motifs is 2. The number of amides is 1. The lowest BCUT2D eigenvalue weighted by molar-refractivity contribution is -0.122. The molecule has 0 unspecified atom stereocenters. The number of hydrogen-bond donors (Lipinski definition) is 3. The lowest BCUT2D eigenvalue weighted by atomic mass is 9.85. The molecule has 1 amide bonds. The average molecular weight is 423 g/mol. The smallest absolute Gasteiger partial charge is 0.290 e. The third-order valence-electron chi connectivity index (χ3n) is 5.22. The SMILES string of the molecule is O=C(NCCO)c1cc2c(s1)C1(CCN(Cc3ccco3)CC1)OCC2.O=CO. The number of thiophene rings is 1. The number of rotatable bonds is 5. The molecule has 2 aromatic rings. The molecule has 0 atom stereocenters. The Hall–Kier alpha value is -2.20. The van der Waals surface area contributed by atoms with Crippen LogP contribution in [-0.4, -0.2) is 60.3 Å². The van der Waals surface area contributed by atoms with E-state index in [1.165, 1.54) is 10.4 Å². The van der Waals surface area contributed by atoms with Crippen molar-refractivity contribution in [3.8, 4) is 0 Å². The Morgan fingerprint density at radius 3 is 2.79 bits per heavy atom. The predicted molar refractivity (Wildman–Crippen MR) is 107 cm³/mol. The molecule has 2 aliphatic heterocycles. The van der Waals surface area contributed by atoms with Gasteiger partial charge in [-0.15, -0.1) is 11.3 Å². The highest BCUT2D eigenvalue weighted by molar-refractivity contribution is 7.14. The number of piperidine rings is 1. The number of aliphatic hydroxyl groups is 1. The molecule has 1 spiro atoms. The minimum absolute atomic E-state index is 0.0462. The summed E-state index contributed by atoms with van der Waals surface area (Å²) in [5.41, 5.74) is 0.989. The summed E-state index contributed by atoms with van der Waals surface area (Å²) in [6.45, 7) is 3.42. The van der Waals surface area contributed by atoms with Crippen LogP contribution < -0.4 is 5.32 Å². The van der Waals surface area contributed by atoms with E-state index in [0.717, 1.165) is 44.7 Å². The summed E-state index contributed by atoms with van der Waals surface area (Å²) in [7, 11) is 0. The number of furan rings is 1. The highest BCUT2D eigenvalue weighted by Crippen LogP contribution is 2.45. The van der Waals surface area contributed by atoms with E-state index >= 15 is 0 Å². The van der Waals surface area contributed by atoms with Crippen LogP contribution in [0.5, 0.6) is 0 Å². The Balaban J connectivity index is 0.000000755. The van der Waals surface area contributed by atoms with Gasteiger partial charge in [-0.2, -0.15) is 0 Å². The fraction of sp³-hybridized carbons (Fsp3) is 0.500. The number of carbonyl (C=O) groups excluding carboxylic acids is 1. The maximum atomic E-state index is 12.3. The van der Waals surface area contributed by atoms with Crippen LogP contribution in [0.15, 0.2) is 28.9 Å². The zero-order valence-corrected chi connectivity index (χ0v) is 17.0. The van der Waals surface area contributed by atoms with Crippen LogP contribution in [0.3, 0.4) is 0 Å². The normalized spacial score (nSPS) is 17.8. The van der Waals surface area contributed by atoms with Crippen molar-refractivity contribution in [2.24, 2.45) is 0 Å². The zero-order chi connectivity index (χ0) is 20.7. The van der Waals surface area contributed by atoms with Crippen LogP contribution in [0, 0.1) is 0 Å². The molecular weight excluding hydrogens is 396 g/mol. The summed E-state index contributed by atoms with van der Waals surface area (Å²) in [6, 6.07) is 5.94. The summed E-state index contributed by atoms with van der Waals surface area (Å²) in [5.74, 6) is 0.883. The molecule has 1 saturated heterocycles. The summed E-state index contributed by atoms with van der Waals surface area (Å²) >= 11 is 1.55. The van der Waals surface area contributed by atoms with E-state index in [-0.39, 0.29) is 31.1 Å². The maximum absolute atomic E-state index is 12.3. The van der Waals surface area contributed by atoms with Crippen LogP contribution in [-0.2, 0) is 28.1 Å². The van der Waals surface area contributed by atoms with Crippen molar-refractivity contribution in [1.29, 1.82) is 0 Å². The first-order valence-electron chi connectivity index (χ1n) is 9.60. The van der Waals surface area contributed by atoms with Gasteiger partial charge >= 0.3 is 0 Å². The first kappa shape index (κ1) is 21.5. The van der Waals surface area contributed by atoms with Crippen molar-refractivity contribution in [1.82, 2.24) is 10.2 Å². The number of hydrogen-bond acceptors (Lipinski definition) is 7. The molecule has 158 valence electrons. The van der Waals surface area contributed by atoms with E-state index in [9.17, 15) is 4.79 Å². The third kappa shape index (κ3) is 5.05. The highest BCUT2D eigenvalue weighted by atomic mass is 32.1. The molecule has 0 aliphatic carbocycles. The van der Waals surface area contributed by atoms with Crippen LogP contribution in [0.2, 0.25) is 0 Å². The molecule has 0 aromatic carbocycles. The quantitative estimate of drug-likeness (QED) is 0.630. The number of carboxylic acid groups (broad SMARTS) is 1. The molecule has 3 N–H and O–H groups in total. The Morgan fingerprint density at radius 1 is 1.38 bits per heavy atom. The Kier molecular flexibility index (Phi) is 7.43. The first-order chi connectivity index (χ1) is 14.1. The molecule has 2 aromatic heterocycles. The first-order valence-corrected chi connectivity index (χ1v) is 10.4. The minimum atomic E-state index is -0.257. The molecule has 0 bridgehead atoms. The molecule has 4 heterocycles. The fourth-order valence-corrected chi connectivity index (χ4v) is 5.18. The molecule has 29 heavy (non-hydrogen) atoms. The number of nitrogens with one attached hydrogen (secondary N) is 1. The van der Waals surface area contributed by atoms with Gasteiger partial charge in [0.25, 0.3) is 12.4 Å². The van der Waals surface area contributed by atoms with Crippen molar-refractivity contribution >= 4 is 23.7 Å². The number of nitrogens with zero attached hydrogens (tertiary/aromatic N) is 1. The minimum Gasteiger partial charge on any atom is -0.483 e. The predicted octanol–water partition coefficient (Wildman–Crippen LogP) is 1.83. The van der Waals surface area contributed by atoms with Crippen LogP contribution >= 0.6 is 11.3 Å². The van der Waals surface area contributed by atoms with E-state index in [1.807, 2.05) is 18.2 Å². The van der Waals surface area contributed by atoms with E-state index in [0.29, 0.717) is 11.5 Å². The van der Waals surface area contributed by atoms with Crippen LogP contribution in [0.25, 0.3) is 0 Å². The molecule has 2 aliphatic rings. The van der Waals surface area contributed by atoms with Gasteiger partial charge in [-0.05, 0) is 43.0 Å². The summed E-state index contributed by atoms with van der Waals surface area (Å²) in [5, 5.41) is 18.5. The average Bonchev–Trinajstić information content (AvgIpc) is 3.39. The van der Waals surface area contributed by atoms with Gasteiger partial charge in [-0.25, -0.2) is 0 Å². The molecule has 1 fully saturated rings. The van der Waals surface area contributed by atoms with Gasteiger partial charge in [-0.3, -0.25) is 14.5 Å². The third-order valence-corrected chi connectivity index (χ3v) is 6.58. The van der Waals surface area contributed by atoms with Crippen molar-refractivity contribution < 1.29 is 29.0 Å². The monoisotopic (exact) mass is 422 g/mol. The second kappa shape index (κ2) is 10.0. The van der Waals surface area contributed by atoms with Crippen LogP contribution in [0.1, 0.15) is 38.7 Å². The lowest BCUT2D eigenvalue weighted by Crippen LogP contribution is -2.45. The van der Waals surface area contributed by atoms with E-state index < -0.39 is 0 Å². The van der Waals surface area contributed by atoms with Gasteiger partial charge < -0.3 is 24.7 Å². The van der Waals surface area contributed by atoms with E-state index in [2.05, 4.69) is 10.2 Å². The molecular formula is C20H26N2O6S. The van der Waals surface area contributed by atoms with Crippen molar-refractivity contribution in [3.63, 3.8) is 0 Å². The molecule has 0 radical (unpaired) electrons. The van der Waals surface area contributed by atoms with Gasteiger partial charge in [-0.1, -0.05) is 0 Å². The largest absolute Gasteiger partial charge is 0.483 e. The van der Waals surface area contributed by atoms with E-state index in [4.69, 9.17) is 24.2 Å². The summed E-state index contributed by atoms with van der Waals surface area (Å²) < 4.78 is 11.7. The number of carbonyl (C=O) groups is 2. The van der Waals surface area contributed by atoms with Gasteiger partial charge in [0.05, 0.1) is 30.9 Å². The molecule has 4 rings (SSSR count). The van der Waals surface area contributed by atoms with E-state index in [1.54, 1.807) is 17.6 Å². The van der Waals surface area contributed by atoms with Crippen LogP contribution in [0.4, 0.5) is 0 Å². The summed E-state index contributed by atoms with van der Waals surface area (Å²) in [6.07, 6.45) is 4.43. The fourth-order valence-electron chi connectivity index (χ4n) is 3.86. The van der Waals surface area contributed by atoms with Gasteiger partial charge in [0.15, 0.2) is 0 Å². The lowest BCUT2D eigenvalue weighted by Gasteiger charge is -2.43. The second-order valence-electron chi connectivity index (χ2n) is 7.00. The van der Waals surface area contributed by atoms with Gasteiger partial charge in [0.1, 0.15) is 11.4 Å². The topological polar surface area (TPSA) is 112 Å². The Morgan fingerprint density at radius 2 is 2.14 bits per heavy atom. The standard InChI is InChI=1S/C19H24N2O4S.CH2O2/c22-9-6-20-18(23)16-12-14-3-11-25-19(17(14)26-16)4-7-21(8-5-19)13-15-2-1-10-24-15;2-1-3/h1-2,10,12,22H,3-9,11,13H2,(H,20,23);1H,(H,2,3). The molecule has 8 nitrogen and oxygen atoms in total. The molecule has 0 saturated carbocycles. The number of aliphatic hydroxyl groups excluding tert-OH is 1. The summed E-state index contributed by atoms with van der Waals surface area (Å²) in [4.78, 5) is 24.9.